The van der Waals surface area contributed by atoms with Crippen molar-refractivity contribution >= 4 is 70.4 Å². The fraction of sp³-hybridized carbons (Fsp3) is 0. The monoisotopic (exact) mass is 744 g/mol. The molecule has 2 nitrogen and oxygen atoms in total. The molecular formula is C54H36N2S. The summed E-state index contributed by atoms with van der Waals surface area (Å²) in [5, 5.41) is 5.02. The van der Waals surface area contributed by atoms with Crippen LogP contribution in [0.1, 0.15) is 0 Å². The third-order valence-corrected chi connectivity index (χ3v) is 12.4. The summed E-state index contributed by atoms with van der Waals surface area (Å²) in [4.78, 5) is 2.48. The predicted molar refractivity (Wildman–Crippen MR) is 245 cm³/mol. The molecule has 11 rings (SSSR count). The van der Waals surface area contributed by atoms with Gasteiger partial charge in [-0.15, -0.1) is 11.3 Å². The van der Waals surface area contributed by atoms with Crippen LogP contribution in [0.25, 0.3) is 81.0 Å². The Bertz CT molecular complexity index is 3250. The minimum atomic E-state index is 1.10. The van der Waals surface area contributed by atoms with Crippen LogP contribution in [0.5, 0.6) is 0 Å². The number of fused-ring (bicyclic) bond motifs is 6. The molecule has 0 fully saturated rings. The molecule has 0 aliphatic carbocycles. The highest BCUT2D eigenvalue weighted by atomic mass is 32.1. The van der Waals surface area contributed by atoms with E-state index in [4.69, 9.17) is 0 Å². The summed E-state index contributed by atoms with van der Waals surface area (Å²) in [5.41, 5.74) is 14.1. The molecule has 0 saturated carbocycles. The van der Waals surface area contributed by atoms with E-state index in [2.05, 4.69) is 228 Å². The van der Waals surface area contributed by atoms with Gasteiger partial charge >= 0.3 is 0 Å². The molecule has 2 aromatic heterocycles. The highest BCUT2D eigenvalue weighted by molar-refractivity contribution is 7.26. The van der Waals surface area contributed by atoms with E-state index < -0.39 is 0 Å². The van der Waals surface area contributed by atoms with Gasteiger partial charge in [-0.2, -0.15) is 0 Å². The number of anilines is 3. The molecule has 0 saturated heterocycles. The first-order valence-electron chi connectivity index (χ1n) is 19.4. The van der Waals surface area contributed by atoms with E-state index in [0.717, 1.165) is 22.6 Å². The Morgan fingerprint density at radius 1 is 0.351 bits per heavy atom. The Kier molecular flexibility index (Phi) is 8.04. The zero-order valence-corrected chi connectivity index (χ0v) is 31.9. The summed E-state index contributed by atoms with van der Waals surface area (Å²) < 4.78 is 5.01. The third-order valence-electron chi connectivity index (χ3n) is 11.2. The molecule has 0 atom stereocenters. The van der Waals surface area contributed by atoms with Crippen molar-refractivity contribution in [1.29, 1.82) is 0 Å². The van der Waals surface area contributed by atoms with Gasteiger partial charge in [0.15, 0.2) is 0 Å². The number of hydrogen-bond acceptors (Lipinski definition) is 2. The number of hydrogen-bond donors (Lipinski definition) is 0. The molecule has 0 bridgehead atoms. The third kappa shape index (κ3) is 5.63. The summed E-state index contributed by atoms with van der Waals surface area (Å²) in [7, 11) is 0. The summed E-state index contributed by atoms with van der Waals surface area (Å²) in [5.74, 6) is 0. The van der Waals surface area contributed by atoms with Crippen molar-refractivity contribution in [2.75, 3.05) is 4.90 Å². The van der Waals surface area contributed by atoms with E-state index in [-0.39, 0.29) is 0 Å². The molecule has 9 aromatic carbocycles. The first-order chi connectivity index (χ1) is 28.3. The molecule has 268 valence electrons. The lowest BCUT2D eigenvalue weighted by atomic mass is 9.94. The average molecular weight is 745 g/mol. The smallest absolute Gasteiger partial charge is 0.0640 e. The standard InChI is InChI=1S/C54H36N2S/c1-3-17-37(18-4-1)42-23-7-8-24-43(42)39-21-15-22-40(35-39)56-50-30-13-10-26-45(50)46-34-33-41(36-52(46)56)55(49-29-12-9-25-44(49)38-19-5-2-6-20-38)51-31-16-28-48-47-27-11-14-32-53(47)57-54(48)51/h1-36H. The van der Waals surface area contributed by atoms with Gasteiger partial charge in [0.1, 0.15) is 0 Å². The molecule has 57 heavy (non-hydrogen) atoms. The lowest BCUT2D eigenvalue weighted by Gasteiger charge is -2.28. The number of rotatable bonds is 7. The van der Waals surface area contributed by atoms with Crippen LogP contribution >= 0.6 is 11.3 Å². The van der Waals surface area contributed by atoms with E-state index in [0.29, 0.717) is 0 Å². The van der Waals surface area contributed by atoms with Gasteiger partial charge in [-0.3, -0.25) is 0 Å². The number of thiophene rings is 1. The molecule has 0 spiro atoms. The van der Waals surface area contributed by atoms with Crippen molar-refractivity contribution in [2.45, 2.75) is 0 Å². The van der Waals surface area contributed by atoms with Crippen LogP contribution in [0.3, 0.4) is 0 Å². The lowest BCUT2D eigenvalue weighted by Crippen LogP contribution is -2.11. The largest absolute Gasteiger partial charge is 0.309 e. The molecule has 0 aliphatic heterocycles. The summed E-state index contributed by atoms with van der Waals surface area (Å²) in [6.45, 7) is 0. The Morgan fingerprint density at radius 3 is 1.72 bits per heavy atom. The van der Waals surface area contributed by atoms with Crippen molar-refractivity contribution in [2.24, 2.45) is 0 Å². The first-order valence-corrected chi connectivity index (χ1v) is 20.3. The average Bonchev–Trinajstić information content (AvgIpc) is 3.83. The van der Waals surface area contributed by atoms with Crippen LogP contribution in [-0.2, 0) is 0 Å². The second kappa shape index (κ2) is 13.8. The zero-order chi connectivity index (χ0) is 37.7. The molecule has 2 heterocycles. The maximum absolute atomic E-state index is 2.48. The highest BCUT2D eigenvalue weighted by Gasteiger charge is 2.23. The number of aromatic nitrogens is 1. The molecule has 3 heteroatoms. The summed E-state index contributed by atoms with van der Waals surface area (Å²) in [6, 6.07) is 79.4. The van der Waals surface area contributed by atoms with Crippen molar-refractivity contribution < 1.29 is 0 Å². The van der Waals surface area contributed by atoms with Crippen molar-refractivity contribution in [3.63, 3.8) is 0 Å². The van der Waals surface area contributed by atoms with Gasteiger partial charge < -0.3 is 9.47 Å². The van der Waals surface area contributed by atoms with Crippen molar-refractivity contribution in [3.8, 4) is 39.1 Å². The zero-order valence-electron chi connectivity index (χ0n) is 31.1. The number of para-hydroxylation sites is 2. The Labute approximate surface area is 335 Å². The van der Waals surface area contributed by atoms with Crippen LogP contribution in [0.4, 0.5) is 17.1 Å². The minimum absolute atomic E-state index is 1.10. The molecule has 0 unspecified atom stereocenters. The van der Waals surface area contributed by atoms with Crippen molar-refractivity contribution in [3.05, 3.63) is 218 Å². The van der Waals surface area contributed by atoms with Gasteiger partial charge in [0.25, 0.3) is 0 Å². The van der Waals surface area contributed by atoms with E-state index in [1.165, 1.54) is 75.5 Å². The molecule has 0 N–H and O–H groups in total. The molecular weight excluding hydrogens is 709 g/mol. The topological polar surface area (TPSA) is 8.17 Å². The quantitative estimate of drug-likeness (QED) is 0.158. The summed E-state index contributed by atoms with van der Waals surface area (Å²) in [6.07, 6.45) is 0. The molecule has 0 radical (unpaired) electrons. The van der Waals surface area contributed by atoms with E-state index in [9.17, 15) is 0 Å². The van der Waals surface area contributed by atoms with E-state index >= 15 is 0 Å². The van der Waals surface area contributed by atoms with Gasteiger partial charge in [-0.05, 0) is 76.3 Å². The summed E-state index contributed by atoms with van der Waals surface area (Å²) >= 11 is 1.87. The normalized spacial score (nSPS) is 11.5. The number of nitrogens with zero attached hydrogens (tertiary/aromatic N) is 2. The van der Waals surface area contributed by atoms with Gasteiger partial charge in [-0.25, -0.2) is 0 Å². The van der Waals surface area contributed by atoms with E-state index in [1.807, 2.05) is 11.3 Å². The maximum Gasteiger partial charge on any atom is 0.0640 e. The van der Waals surface area contributed by atoms with Gasteiger partial charge in [0.2, 0.25) is 0 Å². The van der Waals surface area contributed by atoms with Crippen LogP contribution in [0.2, 0.25) is 0 Å². The first kappa shape index (κ1) is 33.2. The van der Waals surface area contributed by atoms with Gasteiger partial charge in [0.05, 0.1) is 27.1 Å². The minimum Gasteiger partial charge on any atom is -0.309 e. The van der Waals surface area contributed by atoms with Crippen molar-refractivity contribution in [1.82, 2.24) is 4.57 Å². The molecule has 0 aliphatic rings. The highest BCUT2D eigenvalue weighted by Crippen LogP contribution is 2.48. The second-order valence-corrected chi connectivity index (χ2v) is 15.5. The van der Waals surface area contributed by atoms with Gasteiger partial charge in [0, 0.05) is 43.2 Å². The fourth-order valence-corrected chi connectivity index (χ4v) is 9.85. The predicted octanol–water partition coefficient (Wildman–Crippen LogP) is 15.6. The van der Waals surface area contributed by atoms with Crippen LogP contribution < -0.4 is 4.90 Å². The maximum atomic E-state index is 2.48. The fourth-order valence-electron chi connectivity index (χ4n) is 8.64. The molecule has 11 aromatic rings. The van der Waals surface area contributed by atoms with Gasteiger partial charge in [-0.1, -0.05) is 170 Å². The SMILES string of the molecule is c1ccc(-c2ccccc2-c2cccc(-n3c4ccccc4c4ccc(N(c5ccccc5-c5ccccc5)c5cccc6c5sc5ccccc56)cc43)c2)cc1. The lowest BCUT2D eigenvalue weighted by molar-refractivity contribution is 1.18. The number of benzene rings is 9. The Hall–Kier alpha value is -7.20. The molecule has 0 amide bonds. The van der Waals surface area contributed by atoms with Crippen LogP contribution in [0, 0.1) is 0 Å². The Balaban J connectivity index is 1.16. The second-order valence-electron chi connectivity index (χ2n) is 14.5. The Morgan fingerprint density at radius 2 is 0.912 bits per heavy atom. The van der Waals surface area contributed by atoms with Crippen LogP contribution in [0.15, 0.2) is 218 Å². The van der Waals surface area contributed by atoms with Crippen LogP contribution in [-0.4, -0.2) is 4.57 Å². The van der Waals surface area contributed by atoms with E-state index in [1.54, 1.807) is 0 Å².